The van der Waals surface area contributed by atoms with E-state index in [9.17, 15) is 9.59 Å². The van der Waals surface area contributed by atoms with Crippen molar-refractivity contribution < 1.29 is 9.53 Å². The maximum Gasteiger partial charge on any atom is 0.369 e. The van der Waals surface area contributed by atoms with Crippen LogP contribution >= 0.6 is 11.3 Å². The summed E-state index contributed by atoms with van der Waals surface area (Å²) >= 11 is 1.38. The topological polar surface area (TPSA) is 91.0 Å². The quantitative estimate of drug-likeness (QED) is 0.815. The molecule has 0 unspecified atom stereocenters. The highest BCUT2D eigenvalue weighted by Gasteiger charge is 2.17. The molecule has 21 heavy (non-hydrogen) atoms. The molecule has 3 heterocycles. The Morgan fingerprint density at radius 2 is 2.43 bits per heavy atom. The fraction of sp³-hybridized carbons (Fsp3) is 0.500. The van der Waals surface area contributed by atoms with E-state index in [1.54, 1.807) is 6.07 Å². The summed E-state index contributed by atoms with van der Waals surface area (Å²) in [6.45, 7) is 1.86. The molecule has 1 aliphatic rings. The van der Waals surface area contributed by atoms with Crippen molar-refractivity contribution in [3.05, 3.63) is 28.0 Å². The summed E-state index contributed by atoms with van der Waals surface area (Å²) in [5.41, 5.74) is -0.420. The van der Waals surface area contributed by atoms with Gasteiger partial charge < -0.3 is 10.1 Å². The molecule has 8 nitrogen and oxygen atoms in total. The molecule has 0 aromatic carbocycles. The van der Waals surface area contributed by atoms with E-state index >= 15 is 0 Å². The molecule has 3 rings (SSSR count). The van der Waals surface area contributed by atoms with Gasteiger partial charge >= 0.3 is 5.69 Å². The lowest BCUT2D eigenvalue weighted by Gasteiger charge is -2.08. The van der Waals surface area contributed by atoms with Gasteiger partial charge in [-0.3, -0.25) is 4.79 Å². The van der Waals surface area contributed by atoms with Crippen molar-refractivity contribution in [1.82, 2.24) is 25.1 Å². The first kappa shape index (κ1) is 14.0. The van der Waals surface area contributed by atoms with E-state index < -0.39 is 5.69 Å². The lowest BCUT2D eigenvalue weighted by atomic mass is 10.1. The first-order chi connectivity index (χ1) is 10.2. The third-order valence-corrected chi connectivity index (χ3v) is 4.10. The molecule has 1 N–H and O–H groups in total. The van der Waals surface area contributed by atoms with Gasteiger partial charge in [0.1, 0.15) is 11.5 Å². The molecule has 0 bridgehead atoms. The molecule has 1 amide bonds. The number of tetrazole rings is 1. The average molecular weight is 309 g/mol. The van der Waals surface area contributed by atoms with Crippen molar-refractivity contribution in [2.75, 3.05) is 19.8 Å². The summed E-state index contributed by atoms with van der Waals surface area (Å²) in [4.78, 5) is 23.9. The van der Waals surface area contributed by atoms with E-state index in [2.05, 4.69) is 15.7 Å². The first-order valence-electron chi connectivity index (χ1n) is 6.65. The lowest BCUT2D eigenvalue weighted by molar-refractivity contribution is -0.122. The van der Waals surface area contributed by atoms with Crippen LogP contribution < -0.4 is 11.0 Å². The van der Waals surface area contributed by atoms with Gasteiger partial charge in [0.25, 0.3) is 0 Å². The van der Waals surface area contributed by atoms with Crippen molar-refractivity contribution in [1.29, 1.82) is 0 Å². The highest BCUT2D eigenvalue weighted by atomic mass is 32.1. The van der Waals surface area contributed by atoms with Crippen molar-refractivity contribution in [2.45, 2.75) is 13.0 Å². The monoisotopic (exact) mass is 309 g/mol. The van der Waals surface area contributed by atoms with Gasteiger partial charge in [0, 0.05) is 19.1 Å². The van der Waals surface area contributed by atoms with Gasteiger partial charge in [-0.2, -0.15) is 9.36 Å². The van der Waals surface area contributed by atoms with Crippen LogP contribution in [-0.4, -0.2) is 45.5 Å². The minimum atomic E-state index is -0.420. The van der Waals surface area contributed by atoms with Crippen LogP contribution in [0.15, 0.2) is 22.3 Å². The molecule has 1 saturated heterocycles. The van der Waals surface area contributed by atoms with Gasteiger partial charge in [0.2, 0.25) is 5.91 Å². The Bertz CT molecular complexity index is 657. The normalized spacial score (nSPS) is 18.0. The fourth-order valence-corrected chi connectivity index (χ4v) is 2.76. The Morgan fingerprint density at radius 1 is 1.52 bits per heavy atom. The Hall–Kier alpha value is -2.00. The van der Waals surface area contributed by atoms with Gasteiger partial charge in [-0.05, 0) is 34.4 Å². The smallest absolute Gasteiger partial charge is 0.369 e. The van der Waals surface area contributed by atoms with E-state index in [0.717, 1.165) is 17.7 Å². The number of thiophene rings is 1. The minimum absolute atomic E-state index is 0.127. The van der Waals surface area contributed by atoms with Crippen molar-refractivity contribution in [3.63, 3.8) is 0 Å². The summed E-state index contributed by atoms with van der Waals surface area (Å²) in [6.07, 6.45) is 0.953. The average Bonchev–Trinajstić information content (AvgIpc) is 3.19. The van der Waals surface area contributed by atoms with Crippen LogP contribution in [0.25, 0.3) is 5.00 Å². The predicted octanol–water partition coefficient (Wildman–Crippen LogP) is -0.357. The minimum Gasteiger partial charge on any atom is -0.381 e. The molecule has 1 aliphatic heterocycles. The SMILES string of the molecule is O=C(Cn1nnn(-c2cccs2)c1=O)NC[C@H]1CCOC1. The van der Waals surface area contributed by atoms with E-state index in [-0.39, 0.29) is 12.5 Å². The van der Waals surface area contributed by atoms with Gasteiger partial charge in [0.15, 0.2) is 0 Å². The molecule has 112 valence electrons. The maximum absolute atomic E-state index is 12.1. The summed E-state index contributed by atoms with van der Waals surface area (Å²) in [5, 5.41) is 12.8. The van der Waals surface area contributed by atoms with Crippen molar-refractivity contribution >= 4 is 17.2 Å². The van der Waals surface area contributed by atoms with E-state index in [1.165, 1.54) is 16.0 Å². The van der Waals surface area contributed by atoms with Crippen LogP contribution in [0.5, 0.6) is 0 Å². The zero-order chi connectivity index (χ0) is 14.7. The molecular weight excluding hydrogens is 294 g/mol. The van der Waals surface area contributed by atoms with Crippen LogP contribution in [0, 0.1) is 5.92 Å². The molecule has 0 aliphatic carbocycles. The number of carbonyl (C=O) groups excluding carboxylic acids is 1. The van der Waals surface area contributed by atoms with Crippen molar-refractivity contribution in [2.24, 2.45) is 5.92 Å². The number of hydrogen-bond donors (Lipinski definition) is 1. The van der Waals surface area contributed by atoms with E-state index in [4.69, 9.17) is 4.74 Å². The van der Waals surface area contributed by atoms with Gasteiger partial charge in [-0.1, -0.05) is 0 Å². The highest BCUT2D eigenvalue weighted by molar-refractivity contribution is 7.12. The third-order valence-electron chi connectivity index (χ3n) is 3.26. The molecule has 2 aromatic heterocycles. The number of carbonyl (C=O) groups is 1. The number of amides is 1. The van der Waals surface area contributed by atoms with Crippen LogP contribution in [-0.2, 0) is 16.1 Å². The summed E-state index contributed by atoms with van der Waals surface area (Å²) in [6, 6.07) is 3.59. The maximum atomic E-state index is 12.1. The molecule has 2 aromatic rings. The Labute approximate surface area is 124 Å². The summed E-state index contributed by atoms with van der Waals surface area (Å²) in [7, 11) is 0. The molecular formula is C12H15N5O3S. The second kappa shape index (κ2) is 6.19. The van der Waals surface area contributed by atoms with Gasteiger partial charge in [-0.25, -0.2) is 4.79 Å². The molecule has 9 heteroatoms. The summed E-state index contributed by atoms with van der Waals surface area (Å²) < 4.78 is 7.48. The summed E-state index contributed by atoms with van der Waals surface area (Å²) in [5.74, 6) is 0.106. The van der Waals surface area contributed by atoms with Crippen molar-refractivity contribution in [3.8, 4) is 5.00 Å². The fourth-order valence-electron chi connectivity index (χ4n) is 2.10. The van der Waals surface area contributed by atoms with Gasteiger partial charge in [-0.15, -0.1) is 11.3 Å². The number of hydrogen-bond acceptors (Lipinski definition) is 6. The number of ether oxygens (including phenoxy) is 1. The molecule has 0 spiro atoms. The highest BCUT2D eigenvalue weighted by Crippen LogP contribution is 2.11. The Kier molecular flexibility index (Phi) is 4.11. The Balaban J connectivity index is 1.60. The molecule has 0 radical (unpaired) electrons. The molecule has 0 saturated carbocycles. The predicted molar refractivity (Wildman–Crippen MR) is 75.4 cm³/mol. The number of nitrogens with zero attached hydrogens (tertiary/aromatic N) is 4. The Morgan fingerprint density at radius 3 is 3.14 bits per heavy atom. The number of aromatic nitrogens is 4. The van der Waals surface area contributed by atoms with Crippen LogP contribution in [0.3, 0.4) is 0 Å². The standard InChI is InChI=1S/C12H15N5O3S/c18-10(13-6-9-3-4-20-8-9)7-16-12(19)17(15-14-16)11-2-1-5-21-11/h1-2,5,9H,3-4,6-8H2,(H,13,18)/t9-/m1/s1. The number of nitrogens with one attached hydrogen (secondary N) is 1. The number of rotatable bonds is 5. The first-order valence-corrected chi connectivity index (χ1v) is 7.53. The van der Waals surface area contributed by atoms with Crippen LogP contribution in [0.4, 0.5) is 0 Å². The molecule has 1 atom stereocenters. The third kappa shape index (κ3) is 3.19. The molecule has 1 fully saturated rings. The lowest BCUT2D eigenvalue weighted by Crippen LogP contribution is -2.35. The second-order valence-electron chi connectivity index (χ2n) is 4.82. The van der Waals surface area contributed by atoms with Crippen LogP contribution in [0.2, 0.25) is 0 Å². The largest absolute Gasteiger partial charge is 0.381 e. The second-order valence-corrected chi connectivity index (χ2v) is 5.74. The zero-order valence-electron chi connectivity index (χ0n) is 11.3. The van der Waals surface area contributed by atoms with Gasteiger partial charge in [0.05, 0.1) is 6.61 Å². The van der Waals surface area contributed by atoms with E-state index in [0.29, 0.717) is 24.1 Å². The van der Waals surface area contributed by atoms with Crippen LogP contribution in [0.1, 0.15) is 6.42 Å². The van der Waals surface area contributed by atoms with E-state index in [1.807, 2.05) is 11.4 Å². The zero-order valence-corrected chi connectivity index (χ0v) is 12.1.